The van der Waals surface area contributed by atoms with Crippen molar-refractivity contribution >= 4 is 5.78 Å². The first-order valence-corrected chi connectivity index (χ1v) is 5.58. The molecule has 0 spiro atoms. The molecular formula is C14H15NO. The Bertz CT molecular complexity index is 471. The van der Waals surface area contributed by atoms with Crippen molar-refractivity contribution in [2.45, 2.75) is 19.8 Å². The Morgan fingerprint density at radius 2 is 2.12 bits per heavy atom. The van der Waals surface area contributed by atoms with Crippen LogP contribution in [0, 0.1) is 0 Å². The number of benzene rings is 1. The Balaban J connectivity index is 2.27. The summed E-state index contributed by atoms with van der Waals surface area (Å²) in [4.78, 5) is 15.0. The van der Waals surface area contributed by atoms with Gasteiger partial charge in [-0.05, 0) is 30.2 Å². The molecule has 82 valence electrons. The van der Waals surface area contributed by atoms with Crippen molar-refractivity contribution < 1.29 is 4.79 Å². The largest absolute Gasteiger partial charge is 0.359 e. The fourth-order valence-electron chi connectivity index (χ4n) is 1.78. The maximum atomic E-state index is 12.0. The average molecular weight is 213 g/mol. The van der Waals surface area contributed by atoms with Gasteiger partial charge in [-0.25, -0.2) is 0 Å². The Hall–Kier alpha value is -1.83. The number of nitrogens with one attached hydrogen (secondary N) is 1. The number of carbonyl (C=O) groups is 1. The van der Waals surface area contributed by atoms with Crippen LogP contribution in [0.3, 0.4) is 0 Å². The molecule has 0 bridgehead atoms. The van der Waals surface area contributed by atoms with Crippen molar-refractivity contribution in [1.29, 1.82) is 0 Å². The molecule has 16 heavy (non-hydrogen) atoms. The van der Waals surface area contributed by atoms with Gasteiger partial charge < -0.3 is 4.98 Å². The molecule has 0 saturated heterocycles. The number of aromatic nitrogens is 1. The molecule has 0 radical (unpaired) electrons. The first kappa shape index (κ1) is 10.7. The van der Waals surface area contributed by atoms with Gasteiger partial charge in [0.05, 0.1) is 5.69 Å². The Labute approximate surface area is 95.3 Å². The third kappa shape index (κ3) is 2.22. The van der Waals surface area contributed by atoms with E-state index in [1.165, 1.54) is 5.56 Å². The molecule has 0 unspecified atom stereocenters. The van der Waals surface area contributed by atoms with E-state index in [9.17, 15) is 4.79 Å². The lowest BCUT2D eigenvalue weighted by Gasteiger charge is -2.02. The summed E-state index contributed by atoms with van der Waals surface area (Å²) in [5.74, 6) is 0.0583. The van der Waals surface area contributed by atoms with Crippen molar-refractivity contribution in [3.8, 4) is 0 Å². The lowest BCUT2D eigenvalue weighted by molar-refractivity contribution is 0.103. The molecule has 0 amide bonds. The minimum Gasteiger partial charge on any atom is -0.359 e. The fraction of sp³-hybridized carbons (Fsp3) is 0.214. The summed E-state index contributed by atoms with van der Waals surface area (Å²) < 4.78 is 0. The summed E-state index contributed by atoms with van der Waals surface area (Å²) in [6.45, 7) is 2.14. The van der Waals surface area contributed by atoms with Crippen molar-refractivity contribution in [1.82, 2.24) is 4.98 Å². The van der Waals surface area contributed by atoms with E-state index in [2.05, 4.69) is 18.0 Å². The van der Waals surface area contributed by atoms with Gasteiger partial charge in [-0.1, -0.05) is 31.5 Å². The summed E-state index contributed by atoms with van der Waals surface area (Å²) in [7, 11) is 0. The van der Waals surface area contributed by atoms with E-state index in [-0.39, 0.29) is 5.78 Å². The summed E-state index contributed by atoms with van der Waals surface area (Å²) in [5.41, 5.74) is 2.63. The van der Waals surface area contributed by atoms with Crippen LogP contribution >= 0.6 is 0 Å². The minimum absolute atomic E-state index is 0.0583. The molecule has 0 fully saturated rings. The topological polar surface area (TPSA) is 32.9 Å². The van der Waals surface area contributed by atoms with Crippen LogP contribution in [0.5, 0.6) is 0 Å². The Kier molecular flexibility index (Phi) is 3.20. The minimum atomic E-state index is 0.0583. The van der Waals surface area contributed by atoms with Crippen LogP contribution in [0.4, 0.5) is 0 Å². The van der Waals surface area contributed by atoms with Crippen LogP contribution < -0.4 is 0 Å². The predicted molar refractivity (Wildman–Crippen MR) is 64.7 cm³/mol. The lowest BCUT2D eigenvalue weighted by Crippen LogP contribution is -2.02. The number of carbonyl (C=O) groups excluding carboxylic acids is 1. The van der Waals surface area contributed by atoms with Gasteiger partial charge >= 0.3 is 0 Å². The molecule has 1 aromatic carbocycles. The van der Waals surface area contributed by atoms with Crippen LogP contribution in [0.2, 0.25) is 0 Å². The van der Waals surface area contributed by atoms with Crippen LogP contribution in [0.15, 0.2) is 42.6 Å². The highest BCUT2D eigenvalue weighted by molar-refractivity contribution is 6.07. The SMILES string of the molecule is CCCc1cccc(C(=O)c2ccc[nH]2)c1. The second-order valence-electron chi connectivity index (χ2n) is 3.86. The monoisotopic (exact) mass is 213 g/mol. The van der Waals surface area contributed by atoms with Gasteiger partial charge in [0.25, 0.3) is 0 Å². The molecule has 0 aliphatic carbocycles. The Morgan fingerprint density at radius 1 is 1.25 bits per heavy atom. The molecule has 1 heterocycles. The highest BCUT2D eigenvalue weighted by Gasteiger charge is 2.09. The highest BCUT2D eigenvalue weighted by Crippen LogP contribution is 2.11. The van der Waals surface area contributed by atoms with E-state index < -0.39 is 0 Å². The molecule has 1 aromatic heterocycles. The number of hydrogen-bond acceptors (Lipinski definition) is 1. The van der Waals surface area contributed by atoms with Gasteiger partial charge in [0.1, 0.15) is 0 Å². The van der Waals surface area contributed by atoms with Crippen molar-refractivity contribution in [2.75, 3.05) is 0 Å². The number of rotatable bonds is 4. The van der Waals surface area contributed by atoms with Crippen LogP contribution in [0.1, 0.15) is 35.0 Å². The average Bonchev–Trinajstić information content (AvgIpc) is 2.82. The van der Waals surface area contributed by atoms with Gasteiger partial charge in [-0.3, -0.25) is 4.79 Å². The summed E-state index contributed by atoms with van der Waals surface area (Å²) in [6, 6.07) is 11.5. The van der Waals surface area contributed by atoms with Crippen molar-refractivity contribution in [3.05, 3.63) is 59.4 Å². The molecule has 1 N–H and O–H groups in total. The predicted octanol–water partition coefficient (Wildman–Crippen LogP) is 3.20. The van der Waals surface area contributed by atoms with Gasteiger partial charge in [0.2, 0.25) is 5.78 Å². The molecule has 2 nitrogen and oxygen atoms in total. The fourth-order valence-corrected chi connectivity index (χ4v) is 1.78. The molecule has 2 rings (SSSR count). The highest BCUT2D eigenvalue weighted by atomic mass is 16.1. The zero-order chi connectivity index (χ0) is 11.4. The number of aromatic amines is 1. The molecule has 0 saturated carbocycles. The summed E-state index contributed by atoms with van der Waals surface area (Å²) in [5, 5.41) is 0. The molecular weight excluding hydrogens is 198 g/mol. The first-order chi connectivity index (χ1) is 7.81. The molecule has 2 aromatic rings. The molecule has 0 aliphatic rings. The second kappa shape index (κ2) is 4.79. The van der Waals surface area contributed by atoms with Gasteiger partial charge in [-0.15, -0.1) is 0 Å². The van der Waals surface area contributed by atoms with Crippen LogP contribution in [0.25, 0.3) is 0 Å². The smallest absolute Gasteiger partial charge is 0.209 e. The zero-order valence-electron chi connectivity index (χ0n) is 9.36. The number of aryl methyl sites for hydroxylation is 1. The molecule has 0 atom stereocenters. The maximum absolute atomic E-state index is 12.0. The third-order valence-electron chi connectivity index (χ3n) is 2.57. The van der Waals surface area contributed by atoms with Gasteiger partial charge in [0.15, 0.2) is 0 Å². The normalized spacial score (nSPS) is 10.3. The van der Waals surface area contributed by atoms with E-state index in [1.54, 1.807) is 12.3 Å². The zero-order valence-corrected chi connectivity index (χ0v) is 9.36. The van der Waals surface area contributed by atoms with Gasteiger partial charge in [-0.2, -0.15) is 0 Å². The van der Waals surface area contributed by atoms with E-state index in [0.29, 0.717) is 5.69 Å². The lowest BCUT2D eigenvalue weighted by atomic mass is 10.0. The molecule has 2 heteroatoms. The van der Waals surface area contributed by atoms with Crippen LogP contribution in [-0.2, 0) is 6.42 Å². The quantitative estimate of drug-likeness (QED) is 0.777. The molecule has 0 aliphatic heterocycles. The van der Waals surface area contributed by atoms with E-state index in [4.69, 9.17) is 0 Å². The van der Waals surface area contributed by atoms with Crippen molar-refractivity contribution in [2.24, 2.45) is 0 Å². The number of ketones is 1. The van der Waals surface area contributed by atoms with E-state index in [1.807, 2.05) is 24.3 Å². The first-order valence-electron chi connectivity index (χ1n) is 5.58. The van der Waals surface area contributed by atoms with E-state index >= 15 is 0 Å². The van der Waals surface area contributed by atoms with Crippen molar-refractivity contribution in [3.63, 3.8) is 0 Å². The van der Waals surface area contributed by atoms with E-state index in [0.717, 1.165) is 18.4 Å². The second-order valence-corrected chi connectivity index (χ2v) is 3.86. The van der Waals surface area contributed by atoms with Gasteiger partial charge in [0, 0.05) is 11.8 Å². The third-order valence-corrected chi connectivity index (χ3v) is 2.57. The number of hydrogen-bond donors (Lipinski definition) is 1. The standard InChI is InChI=1S/C14H15NO/c1-2-5-11-6-3-7-12(10-11)14(16)13-8-4-9-15-13/h3-4,6-10,15H,2,5H2,1H3. The Morgan fingerprint density at radius 3 is 2.81 bits per heavy atom. The summed E-state index contributed by atoms with van der Waals surface area (Å²) in [6.07, 6.45) is 3.88. The maximum Gasteiger partial charge on any atom is 0.209 e. The number of H-pyrrole nitrogens is 1. The summed E-state index contributed by atoms with van der Waals surface area (Å²) >= 11 is 0. The van der Waals surface area contributed by atoms with Crippen LogP contribution in [-0.4, -0.2) is 10.8 Å².